The Morgan fingerprint density at radius 3 is 2.61 bits per heavy atom. The van der Waals surface area contributed by atoms with Gasteiger partial charge in [-0.25, -0.2) is 9.59 Å². The Kier molecular flexibility index (Phi) is 5.41. The van der Waals surface area contributed by atoms with Gasteiger partial charge in [0.05, 0.1) is 23.9 Å². The molecule has 6 nitrogen and oxygen atoms in total. The van der Waals surface area contributed by atoms with Crippen LogP contribution in [0.15, 0.2) is 53.9 Å². The number of carbonyl (C=O) groups excluding carboxylic acids is 2. The Morgan fingerprint density at radius 1 is 1.30 bits per heavy atom. The lowest BCUT2D eigenvalue weighted by molar-refractivity contribution is -0.139. The Labute approximate surface area is 135 Å². The van der Waals surface area contributed by atoms with Crippen LogP contribution >= 0.6 is 0 Å². The van der Waals surface area contributed by atoms with Crippen molar-refractivity contribution in [3.63, 3.8) is 0 Å². The third-order valence-electron chi connectivity index (χ3n) is 3.27. The van der Waals surface area contributed by atoms with Gasteiger partial charge in [0, 0.05) is 20.3 Å². The molecule has 1 unspecified atom stereocenters. The fraction of sp³-hybridized carbons (Fsp3) is 0.294. The largest absolute Gasteiger partial charge is 0.463 e. The normalized spacial score (nSPS) is 17.7. The molecule has 2 rings (SSSR count). The first-order valence-corrected chi connectivity index (χ1v) is 7.41. The van der Waals surface area contributed by atoms with E-state index in [1.165, 1.54) is 0 Å². The van der Waals surface area contributed by atoms with Gasteiger partial charge in [0.1, 0.15) is 0 Å². The first-order valence-electron chi connectivity index (χ1n) is 7.41. The van der Waals surface area contributed by atoms with Crippen molar-refractivity contribution < 1.29 is 14.3 Å². The SMILES string of the molecule is CCOC(=O)C1=C(/C=C/N(C)C)NC(=O)NC1c1ccccc1. The third kappa shape index (κ3) is 4.12. The van der Waals surface area contributed by atoms with Crippen molar-refractivity contribution >= 4 is 12.0 Å². The van der Waals surface area contributed by atoms with Crippen LogP contribution in [0.25, 0.3) is 0 Å². The highest BCUT2D eigenvalue weighted by molar-refractivity contribution is 5.95. The van der Waals surface area contributed by atoms with E-state index in [0.29, 0.717) is 11.3 Å². The Morgan fingerprint density at radius 2 is 2.00 bits per heavy atom. The maximum atomic E-state index is 12.4. The molecule has 23 heavy (non-hydrogen) atoms. The summed E-state index contributed by atoms with van der Waals surface area (Å²) in [6.07, 6.45) is 3.46. The number of allylic oxidation sites excluding steroid dienone is 1. The first kappa shape index (κ1) is 16.6. The van der Waals surface area contributed by atoms with Crippen molar-refractivity contribution in [2.75, 3.05) is 20.7 Å². The van der Waals surface area contributed by atoms with Gasteiger partial charge < -0.3 is 20.3 Å². The lowest BCUT2D eigenvalue weighted by Gasteiger charge is -2.28. The standard InChI is InChI=1S/C17H21N3O3/c1-4-23-16(21)14-13(10-11-20(2)3)18-17(22)19-15(14)12-8-6-5-7-9-12/h5-11,15H,4H2,1-3H3,(H2,18,19,22)/b11-10+. The van der Waals surface area contributed by atoms with Crippen LogP contribution in [0.5, 0.6) is 0 Å². The van der Waals surface area contributed by atoms with E-state index in [9.17, 15) is 9.59 Å². The van der Waals surface area contributed by atoms with Gasteiger partial charge in [-0.3, -0.25) is 0 Å². The van der Waals surface area contributed by atoms with Crippen LogP contribution in [-0.4, -0.2) is 37.6 Å². The summed E-state index contributed by atoms with van der Waals surface area (Å²) in [5.74, 6) is -0.452. The summed E-state index contributed by atoms with van der Waals surface area (Å²) in [4.78, 5) is 26.2. The van der Waals surface area contributed by atoms with E-state index in [-0.39, 0.29) is 12.6 Å². The molecule has 1 atom stereocenters. The molecule has 0 bridgehead atoms. The minimum Gasteiger partial charge on any atom is -0.463 e. The van der Waals surface area contributed by atoms with E-state index < -0.39 is 12.0 Å². The number of hydrogen-bond acceptors (Lipinski definition) is 4. The minimum absolute atomic E-state index is 0.266. The maximum absolute atomic E-state index is 12.4. The van der Waals surface area contributed by atoms with Crippen LogP contribution in [0, 0.1) is 0 Å². The first-order chi connectivity index (χ1) is 11.0. The van der Waals surface area contributed by atoms with Crippen LogP contribution in [0.2, 0.25) is 0 Å². The predicted octanol–water partition coefficient (Wildman–Crippen LogP) is 1.93. The number of hydrogen-bond donors (Lipinski definition) is 2. The smallest absolute Gasteiger partial charge is 0.338 e. The van der Waals surface area contributed by atoms with Gasteiger partial charge in [0.25, 0.3) is 0 Å². The molecule has 6 heteroatoms. The van der Waals surface area contributed by atoms with Crippen molar-refractivity contribution in [1.82, 2.24) is 15.5 Å². The van der Waals surface area contributed by atoms with Gasteiger partial charge in [-0.05, 0) is 18.6 Å². The molecule has 2 amide bonds. The van der Waals surface area contributed by atoms with Crippen LogP contribution in [0.1, 0.15) is 18.5 Å². The summed E-state index contributed by atoms with van der Waals surface area (Å²) < 4.78 is 5.17. The molecule has 1 aliphatic rings. The third-order valence-corrected chi connectivity index (χ3v) is 3.27. The average molecular weight is 315 g/mol. The number of ether oxygens (including phenoxy) is 1. The number of benzene rings is 1. The lowest BCUT2D eigenvalue weighted by Crippen LogP contribution is -2.45. The fourth-order valence-corrected chi connectivity index (χ4v) is 2.27. The summed E-state index contributed by atoms with van der Waals surface area (Å²) in [6, 6.07) is 8.43. The monoisotopic (exact) mass is 315 g/mol. The van der Waals surface area contributed by atoms with Crippen LogP contribution in [-0.2, 0) is 9.53 Å². The molecule has 122 valence electrons. The molecule has 1 aromatic carbocycles. The number of esters is 1. The molecule has 0 spiro atoms. The molecule has 0 aromatic heterocycles. The van der Waals surface area contributed by atoms with Crippen molar-refractivity contribution in [3.8, 4) is 0 Å². The Hall–Kier alpha value is -2.76. The van der Waals surface area contributed by atoms with E-state index >= 15 is 0 Å². The average Bonchev–Trinajstić information content (AvgIpc) is 2.53. The second-order valence-corrected chi connectivity index (χ2v) is 5.27. The molecule has 1 heterocycles. The summed E-state index contributed by atoms with van der Waals surface area (Å²) in [7, 11) is 3.72. The second-order valence-electron chi connectivity index (χ2n) is 5.27. The zero-order valence-electron chi connectivity index (χ0n) is 13.5. The van der Waals surface area contributed by atoms with Gasteiger partial charge in [0.15, 0.2) is 0 Å². The quantitative estimate of drug-likeness (QED) is 0.815. The molecule has 0 saturated heterocycles. The van der Waals surface area contributed by atoms with Gasteiger partial charge >= 0.3 is 12.0 Å². The molecule has 0 radical (unpaired) electrons. The zero-order valence-corrected chi connectivity index (χ0v) is 13.5. The van der Waals surface area contributed by atoms with Crippen LogP contribution in [0.4, 0.5) is 4.79 Å². The molecule has 0 fully saturated rings. The van der Waals surface area contributed by atoms with Crippen LogP contribution in [0.3, 0.4) is 0 Å². The molecule has 2 N–H and O–H groups in total. The number of amides is 2. The molecule has 0 saturated carbocycles. The van der Waals surface area contributed by atoms with E-state index in [2.05, 4.69) is 10.6 Å². The molecule has 1 aromatic rings. The summed E-state index contributed by atoms with van der Waals surface area (Å²) >= 11 is 0. The maximum Gasteiger partial charge on any atom is 0.338 e. The zero-order chi connectivity index (χ0) is 16.8. The predicted molar refractivity (Wildman–Crippen MR) is 87.3 cm³/mol. The second kappa shape index (κ2) is 7.49. The van der Waals surface area contributed by atoms with E-state index in [0.717, 1.165) is 5.56 Å². The van der Waals surface area contributed by atoms with Crippen molar-refractivity contribution in [2.45, 2.75) is 13.0 Å². The van der Waals surface area contributed by atoms with Gasteiger partial charge in [0.2, 0.25) is 0 Å². The highest BCUT2D eigenvalue weighted by Crippen LogP contribution is 2.28. The lowest BCUT2D eigenvalue weighted by atomic mass is 9.95. The van der Waals surface area contributed by atoms with Gasteiger partial charge in [-0.1, -0.05) is 30.3 Å². The number of carbonyl (C=O) groups is 2. The highest BCUT2D eigenvalue weighted by atomic mass is 16.5. The number of urea groups is 1. The minimum atomic E-state index is -0.550. The number of nitrogens with one attached hydrogen (secondary N) is 2. The van der Waals surface area contributed by atoms with Crippen molar-refractivity contribution in [3.05, 3.63) is 59.4 Å². The van der Waals surface area contributed by atoms with E-state index in [1.54, 1.807) is 19.2 Å². The van der Waals surface area contributed by atoms with Crippen LogP contribution < -0.4 is 10.6 Å². The molecule has 0 aliphatic carbocycles. The summed E-state index contributed by atoms with van der Waals surface area (Å²) in [5, 5.41) is 5.46. The van der Waals surface area contributed by atoms with E-state index in [4.69, 9.17) is 4.74 Å². The fourth-order valence-electron chi connectivity index (χ4n) is 2.27. The summed E-state index contributed by atoms with van der Waals surface area (Å²) in [6.45, 7) is 2.02. The number of nitrogens with zero attached hydrogens (tertiary/aromatic N) is 1. The topological polar surface area (TPSA) is 70.7 Å². The van der Waals surface area contributed by atoms with Gasteiger partial charge in [-0.2, -0.15) is 0 Å². The van der Waals surface area contributed by atoms with Gasteiger partial charge in [-0.15, -0.1) is 0 Å². The van der Waals surface area contributed by atoms with Crippen molar-refractivity contribution in [2.24, 2.45) is 0 Å². The van der Waals surface area contributed by atoms with Crippen molar-refractivity contribution in [1.29, 1.82) is 0 Å². The number of rotatable bonds is 5. The Balaban J connectivity index is 2.51. The Bertz CT molecular complexity index is 636. The molecular weight excluding hydrogens is 294 g/mol. The molecule has 1 aliphatic heterocycles. The van der Waals surface area contributed by atoms with E-state index in [1.807, 2.05) is 49.3 Å². The molecular formula is C17H21N3O3. The summed E-state index contributed by atoms with van der Waals surface area (Å²) in [5.41, 5.74) is 1.65. The highest BCUT2D eigenvalue weighted by Gasteiger charge is 2.32.